The van der Waals surface area contributed by atoms with Crippen LogP contribution < -0.4 is 0 Å². The Balaban J connectivity index is 2.17. The molecular formula is C15H17NO3. The molecule has 0 fully saturated rings. The molecule has 100 valence electrons. The van der Waals surface area contributed by atoms with Crippen molar-refractivity contribution in [1.29, 1.82) is 0 Å². The number of fused-ring (bicyclic) bond motifs is 1. The second-order valence-electron chi connectivity index (χ2n) is 4.40. The molecular weight excluding hydrogens is 242 g/mol. The zero-order valence-corrected chi connectivity index (χ0v) is 11.2. The minimum atomic E-state index is -0.325. The minimum absolute atomic E-state index is 0.0308. The number of nitrogens with zero attached hydrogens (tertiary/aromatic N) is 1. The number of esters is 1. The molecule has 2 heterocycles. The highest BCUT2D eigenvalue weighted by Crippen LogP contribution is 2.18. The normalized spacial score (nSPS) is 10.6. The Kier molecular flexibility index (Phi) is 4.00. The molecule has 2 rings (SSSR count). The lowest BCUT2D eigenvalue weighted by atomic mass is 10.1. The highest BCUT2D eigenvalue weighted by atomic mass is 16.5. The van der Waals surface area contributed by atoms with Gasteiger partial charge in [0.25, 0.3) is 0 Å². The van der Waals surface area contributed by atoms with Gasteiger partial charge in [-0.3, -0.25) is 9.59 Å². The van der Waals surface area contributed by atoms with Crippen LogP contribution in [0, 0.1) is 6.92 Å². The van der Waals surface area contributed by atoms with Crippen molar-refractivity contribution in [1.82, 2.24) is 4.40 Å². The molecule has 4 nitrogen and oxygen atoms in total. The maximum absolute atomic E-state index is 12.2. The van der Waals surface area contributed by atoms with E-state index in [0.717, 1.165) is 11.1 Å². The monoisotopic (exact) mass is 259 g/mol. The summed E-state index contributed by atoms with van der Waals surface area (Å²) in [6.45, 7) is 4.01. The molecule has 0 radical (unpaired) electrons. The van der Waals surface area contributed by atoms with E-state index in [-0.39, 0.29) is 24.6 Å². The maximum atomic E-state index is 12.2. The van der Waals surface area contributed by atoms with E-state index in [1.807, 2.05) is 41.8 Å². The standard InChI is InChI=1S/C15H17NO3/c1-3-19-14(18)8-7-13(17)15-11(2)10-12-6-4-5-9-16(12)15/h4-6,9-10H,3,7-8H2,1-2H3. The first kappa shape index (κ1) is 13.3. The topological polar surface area (TPSA) is 47.8 Å². The number of aromatic nitrogens is 1. The molecule has 2 aromatic heterocycles. The smallest absolute Gasteiger partial charge is 0.306 e. The summed E-state index contributed by atoms with van der Waals surface area (Å²) >= 11 is 0. The fraction of sp³-hybridized carbons (Fsp3) is 0.333. The van der Waals surface area contributed by atoms with Crippen molar-refractivity contribution in [2.24, 2.45) is 0 Å². The van der Waals surface area contributed by atoms with E-state index in [4.69, 9.17) is 4.74 Å². The van der Waals surface area contributed by atoms with Gasteiger partial charge >= 0.3 is 5.97 Å². The van der Waals surface area contributed by atoms with E-state index >= 15 is 0 Å². The summed E-state index contributed by atoms with van der Waals surface area (Å²) in [5.41, 5.74) is 2.57. The minimum Gasteiger partial charge on any atom is -0.466 e. The van der Waals surface area contributed by atoms with E-state index in [1.54, 1.807) is 6.92 Å². The molecule has 2 aromatic rings. The van der Waals surface area contributed by atoms with Crippen LogP contribution in [0.25, 0.3) is 5.52 Å². The van der Waals surface area contributed by atoms with Gasteiger partial charge in [0.15, 0.2) is 5.78 Å². The SMILES string of the molecule is CCOC(=O)CCC(=O)c1c(C)cc2ccccn12. The van der Waals surface area contributed by atoms with Crippen LogP contribution >= 0.6 is 0 Å². The average molecular weight is 259 g/mol. The van der Waals surface area contributed by atoms with Crippen molar-refractivity contribution in [3.05, 3.63) is 41.7 Å². The molecule has 0 N–H and O–H groups in total. The summed E-state index contributed by atoms with van der Waals surface area (Å²) in [4.78, 5) is 23.5. The third-order valence-corrected chi connectivity index (χ3v) is 3.00. The predicted octanol–water partition coefficient (Wildman–Crippen LogP) is 2.77. The fourth-order valence-electron chi connectivity index (χ4n) is 2.18. The number of carbonyl (C=O) groups excluding carboxylic acids is 2. The van der Waals surface area contributed by atoms with E-state index < -0.39 is 0 Å². The van der Waals surface area contributed by atoms with Gasteiger partial charge in [0.1, 0.15) is 0 Å². The van der Waals surface area contributed by atoms with Crippen LogP contribution in [0.1, 0.15) is 35.8 Å². The van der Waals surface area contributed by atoms with Crippen molar-refractivity contribution >= 4 is 17.3 Å². The van der Waals surface area contributed by atoms with Crippen LogP contribution in [0.5, 0.6) is 0 Å². The van der Waals surface area contributed by atoms with Crippen LogP contribution in [-0.4, -0.2) is 22.8 Å². The van der Waals surface area contributed by atoms with E-state index in [1.165, 1.54) is 0 Å². The van der Waals surface area contributed by atoms with Crippen LogP contribution in [-0.2, 0) is 9.53 Å². The Labute approximate surface area is 112 Å². The maximum Gasteiger partial charge on any atom is 0.306 e. The zero-order valence-electron chi connectivity index (χ0n) is 11.2. The molecule has 0 spiro atoms. The molecule has 0 aliphatic carbocycles. The molecule has 4 heteroatoms. The molecule has 0 unspecified atom stereocenters. The highest BCUT2D eigenvalue weighted by Gasteiger charge is 2.16. The van der Waals surface area contributed by atoms with Crippen LogP contribution in [0.15, 0.2) is 30.5 Å². The second kappa shape index (κ2) is 5.69. The van der Waals surface area contributed by atoms with Crippen LogP contribution in [0.3, 0.4) is 0 Å². The number of pyridine rings is 1. The van der Waals surface area contributed by atoms with Gasteiger partial charge in [-0.05, 0) is 37.6 Å². The first-order valence-electron chi connectivity index (χ1n) is 6.39. The molecule has 0 aliphatic rings. The van der Waals surface area contributed by atoms with Gasteiger partial charge in [-0.15, -0.1) is 0 Å². The first-order chi connectivity index (χ1) is 9.13. The number of hydrogen-bond donors (Lipinski definition) is 0. The molecule has 0 saturated carbocycles. The van der Waals surface area contributed by atoms with Gasteiger partial charge in [-0.25, -0.2) is 0 Å². The van der Waals surface area contributed by atoms with E-state index in [2.05, 4.69) is 0 Å². The van der Waals surface area contributed by atoms with Gasteiger partial charge in [0, 0.05) is 18.1 Å². The quantitative estimate of drug-likeness (QED) is 0.612. The summed E-state index contributed by atoms with van der Waals surface area (Å²) in [5, 5.41) is 0. The van der Waals surface area contributed by atoms with Gasteiger partial charge in [0.05, 0.1) is 18.7 Å². The number of aryl methyl sites for hydroxylation is 1. The molecule has 0 aliphatic heterocycles. The van der Waals surface area contributed by atoms with Gasteiger partial charge in [-0.2, -0.15) is 0 Å². The van der Waals surface area contributed by atoms with Crippen molar-refractivity contribution < 1.29 is 14.3 Å². The third kappa shape index (κ3) is 2.84. The number of carbonyl (C=O) groups is 2. The summed E-state index contributed by atoms with van der Waals surface area (Å²) in [6, 6.07) is 7.74. The molecule has 19 heavy (non-hydrogen) atoms. The highest BCUT2D eigenvalue weighted by molar-refractivity contribution is 5.98. The van der Waals surface area contributed by atoms with Crippen LogP contribution in [0.2, 0.25) is 0 Å². The summed E-state index contributed by atoms with van der Waals surface area (Å²) in [5.74, 6) is -0.355. The molecule has 0 bridgehead atoms. The zero-order chi connectivity index (χ0) is 13.8. The molecule has 0 aromatic carbocycles. The third-order valence-electron chi connectivity index (χ3n) is 3.00. The molecule has 0 amide bonds. The Morgan fingerprint density at radius 2 is 2.05 bits per heavy atom. The number of hydrogen-bond acceptors (Lipinski definition) is 3. The van der Waals surface area contributed by atoms with Crippen molar-refractivity contribution in [2.75, 3.05) is 6.61 Å². The number of rotatable bonds is 5. The lowest BCUT2D eigenvalue weighted by molar-refractivity contribution is -0.143. The largest absolute Gasteiger partial charge is 0.466 e. The summed E-state index contributed by atoms with van der Waals surface area (Å²) < 4.78 is 6.69. The second-order valence-corrected chi connectivity index (χ2v) is 4.40. The van der Waals surface area contributed by atoms with Gasteiger partial charge in [0.2, 0.25) is 0 Å². The summed E-state index contributed by atoms with van der Waals surface area (Å²) in [7, 11) is 0. The Morgan fingerprint density at radius 1 is 1.26 bits per heavy atom. The fourth-order valence-corrected chi connectivity index (χ4v) is 2.18. The van der Waals surface area contributed by atoms with Crippen LogP contribution in [0.4, 0.5) is 0 Å². The van der Waals surface area contributed by atoms with Crippen molar-refractivity contribution in [3.8, 4) is 0 Å². The van der Waals surface area contributed by atoms with Gasteiger partial charge < -0.3 is 9.14 Å². The number of Topliss-reactive ketones (excluding diaryl/α,β-unsaturated/α-hetero) is 1. The lowest BCUT2D eigenvalue weighted by Gasteiger charge is -2.04. The number of ketones is 1. The summed E-state index contributed by atoms with van der Waals surface area (Å²) in [6.07, 6.45) is 2.17. The predicted molar refractivity (Wildman–Crippen MR) is 72.3 cm³/mol. The lowest BCUT2D eigenvalue weighted by Crippen LogP contribution is -2.10. The van der Waals surface area contributed by atoms with Crippen molar-refractivity contribution in [2.45, 2.75) is 26.7 Å². The first-order valence-corrected chi connectivity index (χ1v) is 6.39. The van der Waals surface area contributed by atoms with Gasteiger partial charge in [-0.1, -0.05) is 6.07 Å². The van der Waals surface area contributed by atoms with E-state index in [0.29, 0.717) is 12.3 Å². The Hall–Kier alpha value is -2.10. The Bertz CT molecular complexity index is 613. The van der Waals surface area contributed by atoms with Crippen molar-refractivity contribution in [3.63, 3.8) is 0 Å². The number of ether oxygens (including phenoxy) is 1. The molecule has 0 saturated heterocycles. The molecule has 0 atom stereocenters. The average Bonchev–Trinajstić information content (AvgIpc) is 2.72. The Morgan fingerprint density at radius 3 is 2.79 bits per heavy atom. The van der Waals surface area contributed by atoms with E-state index in [9.17, 15) is 9.59 Å².